The van der Waals surface area contributed by atoms with Crippen LogP contribution in [0.5, 0.6) is 0 Å². The van der Waals surface area contributed by atoms with E-state index in [0.29, 0.717) is 12.8 Å². The van der Waals surface area contributed by atoms with Crippen LogP contribution in [0.2, 0.25) is 0 Å². The SMILES string of the molecule is CCCCCCC/C=C\C/C=C\CCCCCCCCCCCCCC(=O)OC(COC(=O)CCCCCCCCCCCC)COP(=O)(O)OCC(N)C(=O)O. The number of unbranched alkanes of at least 4 members (excludes halogenated alkanes) is 25. The van der Waals surface area contributed by atoms with Gasteiger partial charge in [-0.05, 0) is 44.9 Å². The van der Waals surface area contributed by atoms with Gasteiger partial charge in [0.1, 0.15) is 12.6 Å². The fraction of sp³-hybridized carbons (Fsp3) is 0.844. The predicted molar refractivity (Wildman–Crippen MR) is 231 cm³/mol. The first kappa shape index (κ1) is 55.0. The molecule has 0 amide bonds. The molecule has 3 unspecified atom stereocenters. The lowest BCUT2D eigenvalue weighted by Gasteiger charge is -2.20. The summed E-state index contributed by atoms with van der Waals surface area (Å²) in [7, 11) is -4.71. The second-order valence-electron chi connectivity index (χ2n) is 15.5. The molecule has 0 spiro atoms. The highest BCUT2D eigenvalue weighted by Gasteiger charge is 2.28. The highest BCUT2D eigenvalue weighted by Crippen LogP contribution is 2.43. The van der Waals surface area contributed by atoms with E-state index in [-0.39, 0.29) is 19.4 Å². The summed E-state index contributed by atoms with van der Waals surface area (Å²) < 4.78 is 32.7. The third kappa shape index (κ3) is 40.5. The van der Waals surface area contributed by atoms with Crippen molar-refractivity contribution in [3.8, 4) is 0 Å². The number of carbonyl (C=O) groups is 3. The number of carboxylic acid groups (broad SMARTS) is 1. The fourth-order valence-corrected chi connectivity index (χ4v) is 7.11. The van der Waals surface area contributed by atoms with Crippen molar-refractivity contribution in [2.45, 2.75) is 225 Å². The van der Waals surface area contributed by atoms with Gasteiger partial charge >= 0.3 is 25.7 Å². The van der Waals surface area contributed by atoms with E-state index in [1.807, 2.05) is 0 Å². The van der Waals surface area contributed by atoms with E-state index in [1.54, 1.807) is 0 Å². The van der Waals surface area contributed by atoms with Crippen LogP contribution in [0, 0.1) is 0 Å². The molecule has 0 aliphatic heterocycles. The molecule has 0 saturated heterocycles. The summed E-state index contributed by atoms with van der Waals surface area (Å²) in [5.74, 6) is -2.37. The third-order valence-electron chi connectivity index (χ3n) is 9.95. The zero-order valence-electron chi connectivity index (χ0n) is 36.2. The number of allylic oxidation sites excluding steroid dienone is 4. The quantitative estimate of drug-likeness (QED) is 0.0231. The lowest BCUT2D eigenvalue weighted by atomic mass is 10.0. The summed E-state index contributed by atoms with van der Waals surface area (Å²) in [6, 6.07) is -1.52. The first-order chi connectivity index (χ1) is 27.6. The van der Waals surface area contributed by atoms with Crippen LogP contribution < -0.4 is 5.73 Å². The number of hydrogen-bond donors (Lipinski definition) is 3. The van der Waals surface area contributed by atoms with E-state index in [9.17, 15) is 23.8 Å². The van der Waals surface area contributed by atoms with Crippen molar-refractivity contribution in [3.63, 3.8) is 0 Å². The number of nitrogens with two attached hydrogens (primary N) is 1. The van der Waals surface area contributed by atoms with Crippen LogP contribution in [0.4, 0.5) is 0 Å². The predicted octanol–water partition coefficient (Wildman–Crippen LogP) is 12.2. The summed E-state index contributed by atoms with van der Waals surface area (Å²) >= 11 is 0. The third-order valence-corrected chi connectivity index (χ3v) is 10.9. The van der Waals surface area contributed by atoms with Crippen molar-refractivity contribution in [3.05, 3.63) is 24.3 Å². The van der Waals surface area contributed by atoms with Gasteiger partial charge < -0.3 is 25.2 Å². The van der Waals surface area contributed by atoms with Gasteiger partial charge in [-0.3, -0.25) is 23.4 Å². The van der Waals surface area contributed by atoms with Gasteiger partial charge in [0.05, 0.1) is 13.2 Å². The number of aliphatic carboxylic acids is 1. The first-order valence-electron chi connectivity index (χ1n) is 22.9. The molecule has 11 nitrogen and oxygen atoms in total. The monoisotopic (exact) mass is 830 g/mol. The van der Waals surface area contributed by atoms with Gasteiger partial charge in [0.15, 0.2) is 6.10 Å². The number of ether oxygens (including phenoxy) is 2. The van der Waals surface area contributed by atoms with Crippen LogP contribution in [-0.4, -0.2) is 59.9 Å². The highest BCUT2D eigenvalue weighted by molar-refractivity contribution is 7.47. The zero-order chi connectivity index (χ0) is 42.1. The van der Waals surface area contributed by atoms with E-state index in [2.05, 4.69) is 42.7 Å². The Morgan fingerprint density at radius 3 is 1.37 bits per heavy atom. The van der Waals surface area contributed by atoms with E-state index >= 15 is 0 Å². The summed E-state index contributed by atoms with van der Waals surface area (Å²) in [5.41, 5.74) is 5.33. The Morgan fingerprint density at radius 1 is 0.544 bits per heavy atom. The standard InChI is InChI=1S/C45H84NO10P/c1-3-5-7-9-11-13-15-16-17-18-19-20-21-22-23-24-25-26-27-29-31-33-35-37-44(48)56-41(39-54-57(51,52)55-40-42(46)45(49)50)38-53-43(47)36-34-32-30-28-14-12-10-8-6-4-2/h15-16,18-19,41-42H,3-14,17,20-40,46H2,1-2H3,(H,49,50)(H,51,52)/b16-15-,19-18-. The number of rotatable bonds is 43. The molecule has 0 aromatic heterocycles. The Morgan fingerprint density at radius 2 is 0.930 bits per heavy atom. The molecule has 0 saturated carbocycles. The molecule has 0 aromatic rings. The Hall–Kier alpha value is -2.04. The number of carboxylic acids is 1. The summed E-state index contributed by atoms with van der Waals surface area (Å²) in [6.45, 7) is 2.79. The van der Waals surface area contributed by atoms with E-state index < -0.39 is 51.1 Å². The smallest absolute Gasteiger partial charge is 0.472 e. The van der Waals surface area contributed by atoms with E-state index in [1.165, 1.54) is 128 Å². The average Bonchev–Trinajstić information content (AvgIpc) is 3.19. The molecule has 3 atom stereocenters. The van der Waals surface area contributed by atoms with Crippen LogP contribution >= 0.6 is 7.82 Å². The molecule has 57 heavy (non-hydrogen) atoms. The molecule has 0 aliphatic carbocycles. The van der Waals surface area contributed by atoms with Gasteiger partial charge in [0.2, 0.25) is 0 Å². The minimum absolute atomic E-state index is 0.162. The average molecular weight is 830 g/mol. The minimum atomic E-state index is -4.71. The largest absolute Gasteiger partial charge is 0.480 e. The van der Waals surface area contributed by atoms with Crippen LogP contribution in [0.15, 0.2) is 24.3 Å². The van der Waals surface area contributed by atoms with Crippen molar-refractivity contribution in [1.29, 1.82) is 0 Å². The van der Waals surface area contributed by atoms with Crippen molar-refractivity contribution >= 4 is 25.7 Å². The lowest BCUT2D eigenvalue weighted by molar-refractivity contribution is -0.161. The molecule has 4 N–H and O–H groups in total. The van der Waals surface area contributed by atoms with Gasteiger partial charge in [-0.25, -0.2) is 4.57 Å². The topological polar surface area (TPSA) is 172 Å². The molecule has 0 aliphatic rings. The zero-order valence-corrected chi connectivity index (χ0v) is 37.1. The summed E-state index contributed by atoms with van der Waals surface area (Å²) in [6.07, 6.45) is 42.5. The van der Waals surface area contributed by atoms with Crippen molar-refractivity contribution in [2.24, 2.45) is 5.73 Å². The van der Waals surface area contributed by atoms with Gasteiger partial charge in [-0.1, -0.05) is 179 Å². The van der Waals surface area contributed by atoms with Gasteiger partial charge in [0.25, 0.3) is 0 Å². The Kier molecular flexibility index (Phi) is 39.3. The molecule has 12 heteroatoms. The number of hydrogen-bond acceptors (Lipinski definition) is 9. The minimum Gasteiger partial charge on any atom is -0.480 e. The second kappa shape index (κ2) is 40.7. The van der Waals surface area contributed by atoms with Crippen molar-refractivity contribution in [2.75, 3.05) is 19.8 Å². The molecule has 0 fully saturated rings. The molecule has 0 rings (SSSR count). The maximum absolute atomic E-state index is 12.6. The molecular formula is C45H84NO10P. The van der Waals surface area contributed by atoms with Crippen molar-refractivity contribution in [1.82, 2.24) is 0 Å². The van der Waals surface area contributed by atoms with E-state index in [0.717, 1.165) is 44.9 Å². The molecule has 334 valence electrons. The van der Waals surface area contributed by atoms with Crippen LogP contribution in [0.3, 0.4) is 0 Å². The number of carbonyl (C=O) groups excluding carboxylic acids is 2. The summed E-state index contributed by atoms with van der Waals surface area (Å²) in [5, 5.41) is 8.88. The lowest BCUT2D eigenvalue weighted by Crippen LogP contribution is -2.34. The van der Waals surface area contributed by atoms with Gasteiger partial charge in [-0.2, -0.15) is 0 Å². The molecular weight excluding hydrogens is 745 g/mol. The summed E-state index contributed by atoms with van der Waals surface area (Å²) in [4.78, 5) is 45.9. The Labute approximate surface area is 347 Å². The highest BCUT2D eigenvalue weighted by atomic mass is 31.2. The number of phosphoric acid groups is 1. The van der Waals surface area contributed by atoms with Gasteiger partial charge in [-0.15, -0.1) is 0 Å². The molecule has 0 bridgehead atoms. The van der Waals surface area contributed by atoms with E-state index in [4.69, 9.17) is 24.8 Å². The van der Waals surface area contributed by atoms with Crippen molar-refractivity contribution < 1.29 is 47.5 Å². The molecule has 0 heterocycles. The Bertz CT molecular complexity index is 1070. The van der Waals surface area contributed by atoms with Crippen LogP contribution in [0.25, 0.3) is 0 Å². The normalized spacial score (nSPS) is 13.9. The second-order valence-corrected chi connectivity index (χ2v) is 17.0. The van der Waals surface area contributed by atoms with Crippen LogP contribution in [-0.2, 0) is 37.5 Å². The van der Waals surface area contributed by atoms with Crippen LogP contribution in [0.1, 0.15) is 213 Å². The number of phosphoric ester groups is 1. The maximum Gasteiger partial charge on any atom is 0.472 e. The molecule has 0 radical (unpaired) electrons. The van der Waals surface area contributed by atoms with Gasteiger partial charge in [0, 0.05) is 12.8 Å². The maximum atomic E-state index is 12.6. The molecule has 0 aromatic carbocycles. The Balaban J connectivity index is 4.21. The fourth-order valence-electron chi connectivity index (χ4n) is 6.33. The number of esters is 2. The first-order valence-corrected chi connectivity index (χ1v) is 24.4.